The maximum atomic E-state index is 5.80. The Morgan fingerprint density at radius 3 is 2.80 bits per heavy atom. The molecule has 2 aromatic rings. The van der Waals surface area contributed by atoms with E-state index in [1.54, 1.807) is 0 Å². The lowest BCUT2D eigenvalue weighted by atomic mass is 9.93. The van der Waals surface area contributed by atoms with Crippen LogP contribution >= 0.6 is 0 Å². The molecule has 1 atom stereocenters. The first-order valence-electron chi connectivity index (χ1n) is 7.67. The Labute approximate surface area is 120 Å². The summed E-state index contributed by atoms with van der Waals surface area (Å²) in [6, 6.07) is 8.60. The molecule has 3 heteroatoms. The summed E-state index contributed by atoms with van der Waals surface area (Å²) in [5, 5.41) is 2.45. The van der Waals surface area contributed by atoms with Crippen molar-refractivity contribution in [1.82, 2.24) is 10.4 Å². The maximum Gasteiger partial charge on any atom is 0.0481 e. The van der Waals surface area contributed by atoms with Gasteiger partial charge < -0.3 is 0 Å². The van der Waals surface area contributed by atoms with Crippen LogP contribution in [0.2, 0.25) is 0 Å². The van der Waals surface area contributed by atoms with Crippen LogP contribution in [0.1, 0.15) is 50.1 Å². The third kappa shape index (κ3) is 2.84. The van der Waals surface area contributed by atoms with E-state index in [9.17, 15) is 0 Å². The number of aromatic nitrogens is 1. The average molecular weight is 269 g/mol. The smallest absolute Gasteiger partial charge is 0.0481 e. The molecule has 0 radical (unpaired) electrons. The van der Waals surface area contributed by atoms with Crippen molar-refractivity contribution in [3.63, 3.8) is 0 Å². The van der Waals surface area contributed by atoms with Crippen LogP contribution in [0.4, 0.5) is 0 Å². The molecule has 1 unspecified atom stereocenters. The topological polar surface area (TPSA) is 50.9 Å². The summed E-state index contributed by atoms with van der Waals surface area (Å²) in [4.78, 5) is 4.37. The van der Waals surface area contributed by atoms with Crippen molar-refractivity contribution >= 4 is 10.8 Å². The quantitative estimate of drug-likeness (QED) is 0.642. The van der Waals surface area contributed by atoms with Crippen molar-refractivity contribution < 1.29 is 0 Å². The van der Waals surface area contributed by atoms with Gasteiger partial charge in [0.15, 0.2) is 0 Å². The van der Waals surface area contributed by atoms with Gasteiger partial charge in [0.25, 0.3) is 0 Å². The molecule has 3 nitrogen and oxygen atoms in total. The van der Waals surface area contributed by atoms with Gasteiger partial charge in [-0.05, 0) is 29.7 Å². The first kappa shape index (κ1) is 13.5. The monoisotopic (exact) mass is 269 g/mol. The lowest BCUT2D eigenvalue weighted by Gasteiger charge is -2.19. The molecule has 3 N–H and O–H groups in total. The number of hydrogen-bond acceptors (Lipinski definition) is 3. The predicted octanol–water partition coefficient (Wildman–Crippen LogP) is 3.71. The third-order valence-electron chi connectivity index (χ3n) is 4.61. The van der Waals surface area contributed by atoms with Gasteiger partial charge in [0.1, 0.15) is 0 Å². The van der Waals surface area contributed by atoms with Crippen LogP contribution < -0.4 is 11.3 Å². The fraction of sp³-hybridized carbons (Fsp3) is 0.471. The second kappa shape index (κ2) is 6.33. The van der Waals surface area contributed by atoms with Crippen LogP contribution in [0.15, 0.2) is 36.7 Å². The van der Waals surface area contributed by atoms with Gasteiger partial charge in [-0.25, -0.2) is 0 Å². The highest BCUT2D eigenvalue weighted by molar-refractivity contribution is 5.85. The van der Waals surface area contributed by atoms with Crippen LogP contribution in [0, 0.1) is 5.92 Å². The molecule has 3 rings (SSSR count). The Morgan fingerprint density at radius 2 is 2.00 bits per heavy atom. The zero-order valence-electron chi connectivity index (χ0n) is 11.9. The summed E-state index contributed by atoms with van der Waals surface area (Å²) in [5.41, 5.74) is 4.22. The molecule has 1 aromatic heterocycles. The molecule has 1 aliphatic rings. The van der Waals surface area contributed by atoms with Crippen LogP contribution in [-0.2, 0) is 0 Å². The molecule has 1 aliphatic carbocycles. The Kier molecular flexibility index (Phi) is 4.28. The van der Waals surface area contributed by atoms with Crippen LogP contribution in [-0.4, -0.2) is 4.98 Å². The highest BCUT2D eigenvalue weighted by Crippen LogP contribution is 2.32. The summed E-state index contributed by atoms with van der Waals surface area (Å²) < 4.78 is 0. The van der Waals surface area contributed by atoms with Gasteiger partial charge in [0.05, 0.1) is 0 Å². The minimum absolute atomic E-state index is 0.203. The lowest BCUT2D eigenvalue weighted by molar-refractivity contribution is 0.417. The number of hydrogen-bond donors (Lipinski definition) is 2. The van der Waals surface area contributed by atoms with Gasteiger partial charge in [-0.1, -0.05) is 49.9 Å². The molecular weight excluding hydrogens is 246 g/mol. The Balaban J connectivity index is 1.79. The molecule has 0 spiro atoms. The van der Waals surface area contributed by atoms with E-state index in [1.165, 1.54) is 48.4 Å². The minimum Gasteiger partial charge on any atom is -0.271 e. The highest BCUT2D eigenvalue weighted by atomic mass is 15.2. The molecule has 1 aromatic carbocycles. The lowest BCUT2D eigenvalue weighted by Crippen LogP contribution is -2.28. The normalized spacial score (nSPS) is 17.6. The summed E-state index contributed by atoms with van der Waals surface area (Å²) >= 11 is 0. The molecule has 0 bridgehead atoms. The van der Waals surface area contributed by atoms with Gasteiger partial charge in [-0.15, -0.1) is 0 Å². The van der Waals surface area contributed by atoms with E-state index >= 15 is 0 Å². The third-order valence-corrected chi connectivity index (χ3v) is 4.61. The molecule has 0 aliphatic heterocycles. The molecule has 0 amide bonds. The van der Waals surface area contributed by atoms with Crippen molar-refractivity contribution in [3.05, 3.63) is 42.2 Å². The zero-order valence-corrected chi connectivity index (χ0v) is 11.9. The SMILES string of the molecule is NNC(CCC1CCCC1)c1cncc2ccccc12. The van der Waals surface area contributed by atoms with Crippen molar-refractivity contribution in [2.24, 2.45) is 11.8 Å². The number of nitrogens with two attached hydrogens (primary N) is 1. The van der Waals surface area contributed by atoms with Gasteiger partial charge >= 0.3 is 0 Å². The van der Waals surface area contributed by atoms with Crippen molar-refractivity contribution in [3.8, 4) is 0 Å². The van der Waals surface area contributed by atoms with Crippen LogP contribution in [0.25, 0.3) is 10.8 Å². The maximum absolute atomic E-state index is 5.80. The summed E-state index contributed by atoms with van der Waals surface area (Å²) in [6.07, 6.45) is 11.8. The van der Waals surface area contributed by atoms with Gasteiger partial charge in [-0.3, -0.25) is 16.3 Å². The molecule has 106 valence electrons. The van der Waals surface area contributed by atoms with E-state index in [0.29, 0.717) is 0 Å². The van der Waals surface area contributed by atoms with E-state index in [1.807, 2.05) is 12.4 Å². The van der Waals surface area contributed by atoms with E-state index in [-0.39, 0.29) is 6.04 Å². The van der Waals surface area contributed by atoms with Gasteiger partial charge in [0.2, 0.25) is 0 Å². The zero-order chi connectivity index (χ0) is 13.8. The van der Waals surface area contributed by atoms with Crippen molar-refractivity contribution in [2.75, 3.05) is 0 Å². The van der Waals surface area contributed by atoms with Gasteiger partial charge in [0, 0.05) is 23.8 Å². The van der Waals surface area contributed by atoms with Gasteiger partial charge in [-0.2, -0.15) is 0 Å². The fourth-order valence-electron chi connectivity index (χ4n) is 3.45. The Morgan fingerprint density at radius 1 is 1.20 bits per heavy atom. The minimum atomic E-state index is 0.203. The van der Waals surface area contributed by atoms with Crippen molar-refractivity contribution in [2.45, 2.75) is 44.6 Å². The number of rotatable bonds is 5. The average Bonchev–Trinajstić information content (AvgIpc) is 3.01. The summed E-state index contributed by atoms with van der Waals surface area (Å²) in [7, 11) is 0. The van der Waals surface area contributed by atoms with Crippen LogP contribution in [0.5, 0.6) is 0 Å². The number of nitrogens with one attached hydrogen (secondary N) is 1. The largest absolute Gasteiger partial charge is 0.271 e. The number of hydrazine groups is 1. The number of benzene rings is 1. The van der Waals surface area contributed by atoms with E-state index in [4.69, 9.17) is 5.84 Å². The molecule has 1 fully saturated rings. The second-order valence-electron chi connectivity index (χ2n) is 5.90. The molecular formula is C17H23N3. The first-order chi connectivity index (χ1) is 9.88. The predicted molar refractivity (Wildman–Crippen MR) is 83.0 cm³/mol. The molecule has 1 heterocycles. The second-order valence-corrected chi connectivity index (χ2v) is 5.90. The fourth-order valence-corrected chi connectivity index (χ4v) is 3.45. The van der Waals surface area contributed by atoms with Crippen LogP contribution in [0.3, 0.4) is 0 Å². The molecule has 0 saturated heterocycles. The number of nitrogens with zero attached hydrogens (tertiary/aromatic N) is 1. The highest BCUT2D eigenvalue weighted by Gasteiger charge is 2.19. The van der Waals surface area contributed by atoms with Crippen molar-refractivity contribution in [1.29, 1.82) is 0 Å². The molecule has 1 saturated carbocycles. The number of pyridine rings is 1. The standard InChI is InChI=1S/C17H23N3/c18-20-17(10-9-13-5-1-2-6-13)16-12-19-11-14-7-3-4-8-15(14)16/h3-4,7-8,11-13,17,20H,1-2,5-6,9-10,18H2. The summed E-state index contributed by atoms with van der Waals surface area (Å²) in [5.74, 6) is 6.70. The Bertz CT molecular complexity index is 556. The first-order valence-corrected chi connectivity index (χ1v) is 7.67. The van der Waals surface area contributed by atoms with E-state index < -0.39 is 0 Å². The van der Waals surface area contributed by atoms with E-state index in [2.05, 4.69) is 34.7 Å². The molecule has 20 heavy (non-hydrogen) atoms. The number of fused-ring (bicyclic) bond motifs is 1. The van der Waals surface area contributed by atoms with E-state index in [0.717, 1.165) is 12.3 Å². The summed E-state index contributed by atoms with van der Waals surface area (Å²) in [6.45, 7) is 0. The Hall–Kier alpha value is -1.45.